The second kappa shape index (κ2) is 61.9. The molecule has 2 atom stereocenters. The highest BCUT2D eigenvalue weighted by molar-refractivity contribution is 5.82. The van der Waals surface area contributed by atoms with E-state index in [1.807, 2.05) is 12.2 Å². The van der Waals surface area contributed by atoms with Crippen LogP contribution in [0.1, 0.15) is 361 Å². The van der Waals surface area contributed by atoms with Crippen molar-refractivity contribution in [3.05, 3.63) is 24.3 Å². The van der Waals surface area contributed by atoms with Crippen LogP contribution in [0.3, 0.4) is 0 Å². The van der Waals surface area contributed by atoms with E-state index in [1.54, 1.807) is 6.08 Å². The fourth-order valence-electron chi connectivity index (χ4n) is 10.4. The van der Waals surface area contributed by atoms with Crippen molar-refractivity contribution in [2.45, 2.75) is 373 Å². The predicted octanol–water partition coefficient (Wildman–Crippen LogP) is 20.6. The number of amides is 1. The van der Waals surface area contributed by atoms with Crippen molar-refractivity contribution in [3.63, 3.8) is 0 Å². The first kappa shape index (κ1) is 70.3. The Morgan fingerprint density at radius 1 is 0.403 bits per heavy atom. The Morgan fingerprint density at radius 2 is 0.708 bits per heavy atom. The third-order valence-electron chi connectivity index (χ3n) is 15.4. The average molecular weight is 1010 g/mol. The van der Waals surface area contributed by atoms with E-state index in [2.05, 4.69) is 25.2 Å². The molecule has 0 spiro atoms. The summed E-state index contributed by atoms with van der Waals surface area (Å²) in [7, 11) is 0. The minimum Gasteiger partial charge on any atom is -0.463 e. The van der Waals surface area contributed by atoms with Crippen LogP contribution in [-0.2, 0) is 14.3 Å². The number of aliphatic hydroxyl groups excluding tert-OH is 2. The summed E-state index contributed by atoms with van der Waals surface area (Å²) in [4.78, 5) is 24.4. The third kappa shape index (κ3) is 57.6. The minimum atomic E-state index is -0.663. The molecule has 6 heteroatoms. The molecule has 0 aromatic carbocycles. The Balaban J connectivity index is 3.38. The summed E-state index contributed by atoms with van der Waals surface area (Å²) in [5.74, 6) is -0.243. The molecule has 0 fully saturated rings. The van der Waals surface area contributed by atoms with Crippen molar-refractivity contribution in [3.8, 4) is 0 Å². The second-order valence-electron chi connectivity index (χ2n) is 22.5. The molecule has 0 saturated heterocycles. The van der Waals surface area contributed by atoms with E-state index in [-0.39, 0.29) is 18.5 Å². The van der Waals surface area contributed by atoms with E-state index in [0.717, 1.165) is 44.9 Å². The molecule has 0 saturated carbocycles. The summed E-state index contributed by atoms with van der Waals surface area (Å²) >= 11 is 0. The number of rotatable bonds is 61. The molecule has 1 amide bonds. The van der Waals surface area contributed by atoms with Crippen molar-refractivity contribution < 1.29 is 24.5 Å². The number of unbranched alkanes of at least 4 members (excludes halogenated alkanes) is 49. The highest BCUT2D eigenvalue weighted by Gasteiger charge is 2.20. The van der Waals surface area contributed by atoms with Gasteiger partial charge in [0.05, 0.1) is 25.4 Å². The molecule has 0 aliphatic heterocycles. The summed E-state index contributed by atoms with van der Waals surface area (Å²) in [6.45, 7) is 4.91. The van der Waals surface area contributed by atoms with Gasteiger partial charge in [-0.15, -0.1) is 0 Å². The van der Waals surface area contributed by atoms with Gasteiger partial charge in [0.1, 0.15) is 0 Å². The number of ether oxygens (including phenoxy) is 1. The van der Waals surface area contributed by atoms with Crippen LogP contribution in [-0.4, -0.2) is 47.4 Å². The van der Waals surface area contributed by atoms with Crippen molar-refractivity contribution in [1.82, 2.24) is 5.32 Å². The van der Waals surface area contributed by atoms with Crippen LogP contribution in [0.2, 0.25) is 0 Å². The predicted molar refractivity (Wildman–Crippen MR) is 315 cm³/mol. The van der Waals surface area contributed by atoms with Crippen molar-refractivity contribution >= 4 is 11.9 Å². The lowest BCUT2D eigenvalue weighted by Gasteiger charge is -2.22. The van der Waals surface area contributed by atoms with E-state index in [1.165, 1.54) is 289 Å². The Kier molecular flexibility index (Phi) is 60.5. The molecule has 0 aliphatic carbocycles. The number of allylic oxidation sites excluding steroid dienone is 3. The first-order valence-corrected chi connectivity index (χ1v) is 32.6. The number of nitrogens with one attached hydrogen (secondary N) is 1. The van der Waals surface area contributed by atoms with Gasteiger partial charge >= 0.3 is 5.97 Å². The molecule has 0 aromatic heterocycles. The SMILES string of the molecule is CCCCCCCCCCCCCC=CC=CC(=O)OCCCCCCCCCCCCCCCCCCCCCCCCCCCC(=O)N[C@@H](CO)[C@H](O)CCCCCCCCCCCCCCCCC. The first-order chi connectivity index (χ1) is 35.5. The average Bonchev–Trinajstić information content (AvgIpc) is 3.38. The zero-order valence-electron chi connectivity index (χ0n) is 48.7. The smallest absolute Gasteiger partial charge is 0.330 e. The van der Waals surface area contributed by atoms with Crippen molar-refractivity contribution in [1.29, 1.82) is 0 Å². The van der Waals surface area contributed by atoms with Crippen LogP contribution < -0.4 is 5.32 Å². The zero-order valence-corrected chi connectivity index (χ0v) is 48.7. The summed E-state index contributed by atoms with van der Waals surface area (Å²) < 4.78 is 5.38. The maximum absolute atomic E-state index is 12.5. The van der Waals surface area contributed by atoms with Gasteiger partial charge in [-0.3, -0.25) is 4.79 Å². The quantitative estimate of drug-likeness (QED) is 0.0244. The van der Waals surface area contributed by atoms with E-state index < -0.39 is 12.1 Å². The maximum Gasteiger partial charge on any atom is 0.330 e. The Bertz CT molecular complexity index is 1120. The molecule has 426 valence electrons. The largest absolute Gasteiger partial charge is 0.463 e. The zero-order chi connectivity index (χ0) is 52.2. The summed E-state index contributed by atoms with van der Waals surface area (Å²) in [5.41, 5.74) is 0. The van der Waals surface area contributed by atoms with Crippen molar-refractivity contribution in [2.24, 2.45) is 0 Å². The molecule has 0 radical (unpaired) electrons. The van der Waals surface area contributed by atoms with Crippen LogP contribution in [0.25, 0.3) is 0 Å². The number of aliphatic hydroxyl groups is 2. The maximum atomic E-state index is 12.5. The molecule has 3 N–H and O–H groups in total. The molecule has 6 nitrogen and oxygen atoms in total. The molecule has 72 heavy (non-hydrogen) atoms. The van der Waals surface area contributed by atoms with Gasteiger partial charge in [-0.2, -0.15) is 0 Å². The van der Waals surface area contributed by atoms with Crippen LogP contribution in [0, 0.1) is 0 Å². The summed E-state index contributed by atoms with van der Waals surface area (Å²) in [5, 5.41) is 23.3. The Morgan fingerprint density at radius 3 is 1.06 bits per heavy atom. The fourth-order valence-corrected chi connectivity index (χ4v) is 10.4. The number of esters is 1. The van der Waals surface area contributed by atoms with Crippen LogP contribution in [0.15, 0.2) is 24.3 Å². The molecular formula is C66H127NO5. The normalized spacial score (nSPS) is 12.7. The highest BCUT2D eigenvalue weighted by Crippen LogP contribution is 2.19. The number of carbonyl (C=O) groups is 2. The lowest BCUT2D eigenvalue weighted by Crippen LogP contribution is -2.45. The van der Waals surface area contributed by atoms with Gasteiger partial charge in [0.25, 0.3) is 0 Å². The van der Waals surface area contributed by atoms with Crippen molar-refractivity contribution in [2.75, 3.05) is 13.2 Å². The van der Waals surface area contributed by atoms with Gasteiger partial charge in [0.15, 0.2) is 0 Å². The molecule has 0 aliphatic rings. The van der Waals surface area contributed by atoms with Gasteiger partial charge < -0.3 is 20.3 Å². The molecule has 0 bridgehead atoms. The standard InChI is InChI=1S/C66H127NO5/c1-3-5-7-9-11-13-15-17-30-34-38-42-46-50-54-58-64(69)63(62-68)67-65(70)59-55-51-47-43-39-35-32-28-26-24-22-20-19-21-23-25-27-29-33-37-41-45-49-53-57-61-72-66(71)60-56-52-48-44-40-36-31-18-16-14-12-10-8-6-4-2/h48,52,56,60,63-64,68-69H,3-47,49-51,53-55,57-59,61-62H2,1-2H3,(H,67,70)/t63-,64+/m0/s1. The topological polar surface area (TPSA) is 95.9 Å². The van der Waals surface area contributed by atoms with E-state index in [4.69, 9.17) is 4.74 Å². The second-order valence-corrected chi connectivity index (χ2v) is 22.5. The molecule has 0 unspecified atom stereocenters. The fraction of sp³-hybridized carbons (Fsp3) is 0.909. The molecule has 0 aromatic rings. The highest BCUT2D eigenvalue weighted by atomic mass is 16.5. The lowest BCUT2D eigenvalue weighted by atomic mass is 10.0. The molecule has 0 rings (SSSR count). The van der Waals surface area contributed by atoms with Crippen LogP contribution in [0.4, 0.5) is 0 Å². The molecular weight excluding hydrogens is 887 g/mol. The van der Waals surface area contributed by atoms with Crippen LogP contribution >= 0.6 is 0 Å². The lowest BCUT2D eigenvalue weighted by molar-refractivity contribution is -0.137. The number of carbonyl (C=O) groups excluding carboxylic acids is 2. The third-order valence-corrected chi connectivity index (χ3v) is 15.4. The van der Waals surface area contributed by atoms with Gasteiger partial charge in [0.2, 0.25) is 5.91 Å². The first-order valence-electron chi connectivity index (χ1n) is 32.6. The summed E-state index contributed by atoms with van der Waals surface area (Å²) in [6, 6.07) is -0.540. The number of hydrogen-bond donors (Lipinski definition) is 3. The Hall–Kier alpha value is -1.66. The van der Waals surface area contributed by atoms with Gasteiger partial charge in [0, 0.05) is 12.5 Å². The van der Waals surface area contributed by atoms with Gasteiger partial charge in [-0.1, -0.05) is 340 Å². The van der Waals surface area contributed by atoms with E-state index in [0.29, 0.717) is 19.4 Å². The Labute approximate surface area is 450 Å². The minimum absolute atomic E-state index is 0.0316. The molecule has 0 heterocycles. The van der Waals surface area contributed by atoms with E-state index >= 15 is 0 Å². The van der Waals surface area contributed by atoms with Gasteiger partial charge in [-0.25, -0.2) is 4.79 Å². The summed E-state index contributed by atoms with van der Waals surface area (Å²) in [6.07, 6.45) is 76.7. The van der Waals surface area contributed by atoms with E-state index in [9.17, 15) is 19.8 Å². The number of hydrogen-bond acceptors (Lipinski definition) is 5. The van der Waals surface area contributed by atoms with Crippen LogP contribution in [0.5, 0.6) is 0 Å². The monoisotopic (exact) mass is 1010 g/mol. The van der Waals surface area contributed by atoms with Gasteiger partial charge in [-0.05, 0) is 32.1 Å².